The Morgan fingerprint density at radius 1 is 1.00 bits per heavy atom. The van der Waals surface area contributed by atoms with Crippen LogP contribution in [-0.4, -0.2) is 54.0 Å². The second-order valence-electron chi connectivity index (χ2n) is 7.16. The summed E-state index contributed by atoms with van der Waals surface area (Å²) in [6.07, 6.45) is 4.99. The fourth-order valence-electron chi connectivity index (χ4n) is 3.37. The molecule has 7 heteroatoms. The van der Waals surface area contributed by atoms with Crippen LogP contribution in [0.3, 0.4) is 0 Å². The number of H-pyrrole nitrogens is 1. The molecule has 4 rings (SSSR count). The Morgan fingerprint density at radius 2 is 1.69 bits per heavy atom. The van der Waals surface area contributed by atoms with Gasteiger partial charge >= 0.3 is 0 Å². The molecule has 0 atom stereocenters. The molecule has 0 radical (unpaired) electrons. The van der Waals surface area contributed by atoms with Gasteiger partial charge in [-0.1, -0.05) is 0 Å². The first-order valence-corrected chi connectivity index (χ1v) is 9.58. The highest BCUT2D eigenvalue weighted by Gasteiger charge is 2.15. The van der Waals surface area contributed by atoms with Crippen LogP contribution in [0.25, 0.3) is 11.1 Å². The number of amides is 1. The summed E-state index contributed by atoms with van der Waals surface area (Å²) in [4.78, 5) is 36.1. The number of rotatable bonds is 4. The third kappa shape index (κ3) is 4.35. The van der Waals surface area contributed by atoms with Crippen molar-refractivity contribution >= 4 is 17.3 Å². The van der Waals surface area contributed by atoms with Gasteiger partial charge in [0.05, 0.1) is 0 Å². The molecule has 0 aliphatic carbocycles. The summed E-state index contributed by atoms with van der Waals surface area (Å²) in [7, 11) is 2.12. The fourth-order valence-corrected chi connectivity index (χ4v) is 3.37. The van der Waals surface area contributed by atoms with E-state index in [-0.39, 0.29) is 17.2 Å². The first kappa shape index (κ1) is 18.9. The zero-order chi connectivity index (χ0) is 20.2. The number of pyridine rings is 2. The summed E-state index contributed by atoms with van der Waals surface area (Å²) < 4.78 is 0. The molecule has 1 fully saturated rings. The minimum atomic E-state index is -0.342. The van der Waals surface area contributed by atoms with Gasteiger partial charge < -0.3 is 20.1 Å². The molecule has 2 N–H and O–H groups in total. The summed E-state index contributed by atoms with van der Waals surface area (Å²) in [5.74, 6) is -0.313. The predicted molar refractivity (Wildman–Crippen MR) is 114 cm³/mol. The van der Waals surface area contributed by atoms with E-state index in [4.69, 9.17) is 0 Å². The van der Waals surface area contributed by atoms with Crippen molar-refractivity contribution in [1.82, 2.24) is 14.9 Å². The van der Waals surface area contributed by atoms with Gasteiger partial charge in [-0.3, -0.25) is 14.6 Å². The molecule has 148 valence electrons. The van der Waals surface area contributed by atoms with Gasteiger partial charge in [-0.15, -0.1) is 0 Å². The number of carbonyl (C=O) groups excluding carboxylic acids is 1. The Bertz CT molecular complexity index is 1040. The van der Waals surface area contributed by atoms with E-state index in [1.54, 1.807) is 36.8 Å². The van der Waals surface area contributed by atoms with Crippen LogP contribution in [0, 0.1) is 0 Å². The van der Waals surface area contributed by atoms with Crippen LogP contribution < -0.4 is 15.8 Å². The maximum Gasteiger partial charge on any atom is 0.271 e. The number of aromatic nitrogens is 2. The number of anilines is 2. The van der Waals surface area contributed by atoms with Crippen molar-refractivity contribution in [3.8, 4) is 11.1 Å². The number of aromatic amines is 1. The monoisotopic (exact) mass is 389 g/mol. The molecule has 1 aliphatic rings. The lowest BCUT2D eigenvalue weighted by molar-refractivity contribution is 0.102. The lowest BCUT2D eigenvalue weighted by Crippen LogP contribution is -2.44. The maximum atomic E-state index is 12.7. The van der Waals surface area contributed by atoms with E-state index in [1.807, 2.05) is 24.3 Å². The van der Waals surface area contributed by atoms with Crippen LogP contribution in [0.5, 0.6) is 0 Å². The Hall–Kier alpha value is -3.45. The molecule has 1 aliphatic heterocycles. The van der Waals surface area contributed by atoms with Gasteiger partial charge in [0.2, 0.25) is 0 Å². The van der Waals surface area contributed by atoms with Crippen LogP contribution in [-0.2, 0) is 0 Å². The molecule has 0 bridgehead atoms. The molecule has 3 heterocycles. The Morgan fingerprint density at radius 3 is 2.38 bits per heavy atom. The van der Waals surface area contributed by atoms with Crippen LogP contribution in [0.4, 0.5) is 11.4 Å². The number of hydrogen-bond acceptors (Lipinski definition) is 5. The molecule has 0 spiro atoms. The largest absolute Gasteiger partial charge is 0.369 e. The highest BCUT2D eigenvalue weighted by atomic mass is 16.2. The number of benzene rings is 1. The van der Waals surface area contributed by atoms with Gasteiger partial charge in [-0.05, 0) is 55.1 Å². The number of carbonyl (C=O) groups is 1. The number of hydrogen-bond donors (Lipinski definition) is 2. The second-order valence-corrected chi connectivity index (χ2v) is 7.16. The molecule has 2 aromatic heterocycles. The summed E-state index contributed by atoms with van der Waals surface area (Å²) in [5.41, 5.74) is 3.19. The second kappa shape index (κ2) is 8.28. The Balaban J connectivity index is 1.49. The SMILES string of the molecule is CN1CCN(c2ccc(C(=O)Nc3cc(-c4ccncc4)c[nH]c3=O)cc2)CC1. The van der Waals surface area contributed by atoms with Crippen molar-refractivity contribution in [3.05, 3.63) is 77.0 Å². The first-order valence-electron chi connectivity index (χ1n) is 9.58. The first-order chi connectivity index (χ1) is 14.1. The van der Waals surface area contributed by atoms with Crippen molar-refractivity contribution in [1.29, 1.82) is 0 Å². The maximum absolute atomic E-state index is 12.7. The topological polar surface area (TPSA) is 81.3 Å². The highest BCUT2D eigenvalue weighted by molar-refractivity contribution is 6.04. The van der Waals surface area contributed by atoms with E-state index < -0.39 is 0 Å². The van der Waals surface area contributed by atoms with Crippen molar-refractivity contribution in [2.75, 3.05) is 43.4 Å². The number of nitrogens with one attached hydrogen (secondary N) is 2. The van der Waals surface area contributed by atoms with Gasteiger partial charge in [-0.2, -0.15) is 0 Å². The minimum absolute atomic E-state index is 0.215. The van der Waals surface area contributed by atoms with Crippen molar-refractivity contribution in [2.24, 2.45) is 0 Å². The molecular formula is C22H23N5O2. The third-order valence-corrected chi connectivity index (χ3v) is 5.16. The van der Waals surface area contributed by atoms with Crippen LogP contribution in [0.1, 0.15) is 10.4 Å². The van der Waals surface area contributed by atoms with Gasteiger partial charge in [0.25, 0.3) is 11.5 Å². The molecule has 7 nitrogen and oxygen atoms in total. The van der Waals surface area contributed by atoms with Crippen LogP contribution in [0.2, 0.25) is 0 Å². The molecule has 3 aromatic rings. The predicted octanol–water partition coefficient (Wildman–Crippen LogP) is 2.44. The summed E-state index contributed by atoms with van der Waals surface area (Å²) in [5, 5.41) is 2.72. The average Bonchev–Trinajstić information content (AvgIpc) is 2.76. The van der Waals surface area contributed by atoms with Gasteiger partial charge in [0, 0.05) is 61.6 Å². The third-order valence-electron chi connectivity index (χ3n) is 5.16. The summed E-state index contributed by atoms with van der Waals surface area (Å²) in [6.45, 7) is 4.00. The Kier molecular flexibility index (Phi) is 5.39. The van der Waals surface area contributed by atoms with Gasteiger partial charge in [0.15, 0.2) is 0 Å². The number of piperazine rings is 1. The molecule has 1 aromatic carbocycles. The summed E-state index contributed by atoms with van der Waals surface area (Å²) in [6, 6.07) is 12.9. The van der Waals surface area contributed by atoms with Crippen molar-refractivity contribution < 1.29 is 4.79 Å². The van der Waals surface area contributed by atoms with Crippen molar-refractivity contribution in [2.45, 2.75) is 0 Å². The molecule has 1 amide bonds. The zero-order valence-corrected chi connectivity index (χ0v) is 16.3. The molecule has 0 saturated carbocycles. The normalized spacial score (nSPS) is 14.6. The van der Waals surface area contributed by atoms with Crippen LogP contribution in [0.15, 0.2) is 65.8 Å². The van der Waals surface area contributed by atoms with Gasteiger partial charge in [0.1, 0.15) is 5.69 Å². The van der Waals surface area contributed by atoms with E-state index in [9.17, 15) is 9.59 Å². The Labute approximate surface area is 169 Å². The summed E-state index contributed by atoms with van der Waals surface area (Å²) >= 11 is 0. The number of nitrogens with zero attached hydrogens (tertiary/aromatic N) is 3. The quantitative estimate of drug-likeness (QED) is 0.716. The lowest BCUT2D eigenvalue weighted by Gasteiger charge is -2.34. The lowest BCUT2D eigenvalue weighted by atomic mass is 10.1. The molecule has 29 heavy (non-hydrogen) atoms. The van der Waals surface area contributed by atoms with Crippen molar-refractivity contribution in [3.63, 3.8) is 0 Å². The van der Waals surface area contributed by atoms with Crippen LogP contribution >= 0.6 is 0 Å². The molecular weight excluding hydrogens is 366 g/mol. The molecule has 0 unspecified atom stereocenters. The minimum Gasteiger partial charge on any atom is -0.369 e. The highest BCUT2D eigenvalue weighted by Crippen LogP contribution is 2.20. The van der Waals surface area contributed by atoms with E-state index in [0.717, 1.165) is 43.0 Å². The number of likely N-dealkylation sites (N-methyl/N-ethyl adjacent to an activating group) is 1. The van der Waals surface area contributed by atoms with E-state index >= 15 is 0 Å². The fraction of sp³-hybridized carbons (Fsp3) is 0.227. The molecule has 1 saturated heterocycles. The average molecular weight is 389 g/mol. The standard InChI is InChI=1S/C22H23N5O2/c1-26-10-12-27(13-11-26)19-4-2-17(3-5-19)21(28)25-20-14-18(15-24-22(20)29)16-6-8-23-9-7-16/h2-9,14-15H,10-13H2,1H3,(H,24,29)(H,25,28). The van der Waals surface area contributed by atoms with Gasteiger partial charge in [-0.25, -0.2) is 0 Å². The van der Waals surface area contributed by atoms with E-state index in [2.05, 4.69) is 32.1 Å². The smallest absolute Gasteiger partial charge is 0.271 e. The zero-order valence-electron chi connectivity index (χ0n) is 16.3. The van der Waals surface area contributed by atoms with E-state index in [0.29, 0.717) is 5.56 Å². The van der Waals surface area contributed by atoms with E-state index in [1.165, 1.54) is 0 Å².